The molecule has 2 aromatic rings. The van der Waals surface area contributed by atoms with Crippen molar-refractivity contribution in [1.82, 2.24) is 5.32 Å². The highest BCUT2D eigenvalue weighted by Crippen LogP contribution is 2.37. The van der Waals surface area contributed by atoms with Gasteiger partial charge in [-0.05, 0) is 24.7 Å². The van der Waals surface area contributed by atoms with Crippen LogP contribution in [0.4, 0.5) is 22.0 Å². The molecule has 2 aromatic carbocycles. The standard InChI is InChI=1S/C15H12F5N/c1-21-14(10-6-4-8-12(16)13(10)17)9-5-2-3-7-11(9)15(18,19)20/h2-8,14,21H,1H3. The van der Waals surface area contributed by atoms with Crippen LogP contribution in [0.5, 0.6) is 0 Å². The summed E-state index contributed by atoms with van der Waals surface area (Å²) < 4.78 is 66.3. The second kappa shape index (κ2) is 5.81. The smallest absolute Gasteiger partial charge is 0.309 e. The first kappa shape index (κ1) is 15.4. The second-order valence-corrected chi connectivity index (χ2v) is 4.45. The van der Waals surface area contributed by atoms with Crippen LogP contribution in [0, 0.1) is 11.6 Å². The molecule has 0 fully saturated rings. The maximum Gasteiger partial charge on any atom is 0.416 e. The first-order chi connectivity index (χ1) is 9.86. The molecule has 1 nitrogen and oxygen atoms in total. The summed E-state index contributed by atoms with van der Waals surface area (Å²) in [5, 5.41) is 2.61. The Bertz CT molecular complexity index is 636. The molecule has 2 rings (SSSR count). The van der Waals surface area contributed by atoms with E-state index in [1.54, 1.807) is 0 Å². The summed E-state index contributed by atoms with van der Waals surface area (Å²) >= 11 is 0. The molecule has 0 radical (unpaired) electrons. The summed E-state index contributed by atoms with van der Waals surface area (Å²) in [6.07, 6.45) is -4.57. The molecule has 0 aromatic heterocycles. The molecule has 0 spiro atoms. The molecule has 0 aliphatic heterocycles. The Hall–Kier alpha value is -1.95. The average Bonchev–Trinajstić information content (AvgIpc) is 2.44. The molecule has 0 amide bonds. The third kappa shape index (κ3) is 3.05. The first-order valence-electron chi connectivity index (χ1n) is 6.13. The Balaban J connectivity index is 2.60. The summed E-state index contributed by atoms with van der Waals surface area (Å²) in [6, 6.07) is 7.17. The van der Waals surface area contributed by atoms with Crippen LogP contribution in [-0.2, 0) is 6.18 Å². The minimum absolute atomic E-state index is 0.156. The van der Waals surface area contributed by atoms with Crippen molar-refractivity contribution in [2.45, 2.75) is 12.2 Å². The number of rotatable bonds is 3. The van der Waals surface area contributed by atoms with E-state index in [0.29, 0.717) is 0 Å². The van der Waals surface area contributed by atoms with Crippen LogP contribution < -0.4 is 5.32 Å². The van der Waals surface area contributed by atoms with Gasteiger partial charge in [-0.2, -0.15) is 13.2 Å². The fraction of sp³-hybridized carbons (Fsp3) is 0.200. The SMILES string of the molecule is CNC(c1ccccc1C(F)(F)F)c1cccc(F)c1F. The lowest BCUT2D eigenvalue weighted by atomic mass is 9.93. The monoisotopic (exact) mass is 301 g/mol. The van der Waals surface area contributed by atoms with Gasteiger partial charge in [-0.15, -0.1) is 0 Å². The van der Waals surface area contributed by atoms with Gasteiger partial charge >= 0.3 is 6.18 Å². The first-order valence-corrected chi connectivity index (χ1v) is 6.13. The molecular formula is C15H12F5N. The zero-order chi connectivity index (χ0) is 15.6. The Morgan fingerprint density at radius 1 is 0.905 bits per heavy atom. The van der Waals surface area contributed by atoms with Gasteiger partial charge in [0.15, 0.2) is 11.6 Å². The van der Waals surface area contributed by atoms with E-state index < -0.39 is 29.4 Å². The molecule has 1 atom stereocenters. The average molecular weight is 301 g/mol. The van der Waals surface area contributed by atoms with E-state index in [2.05, 4.69) is 5.32 Å². The van der Waals surface area contributed by atoms with Crippen molar-refractivity contribution in [3.05, 3.63) is 70.8 Å². The molecule has 0 aliphatic carbocycles. The maximum absolute atomic E-state index is 13.9. The Morgan fingerprint density at radius 2 is 1.52 bits per heavy atom. The molecule has 112 valence electrons. The van der Waals surface area contributed by atoms with Crippen LogP contribution >= 0.6 is 0 Å². The molecule has 0 heterocycles. The highest BCUT2D eigenvalue weighted by atomic mass is 19.4. The molecular weight excluding hydrogens is 289 g/mol. The zero-order valence-electron chi connectivity index (χ0n) is 11.0. The van der Waals surface area contributed by atoms with Crippen LogP contribution in [0.2, 0.25) is 0 Å². The molecule has 1 unspecified atom stereocenters. The van der Waals surface area contributed by atoms with E-state index in [1.807, 2.05) is 0 Å². The van der Waals surface area contributed by atoms with Gasteiger partial charge in [0.1, 0.15) is 0 Å². The number of nitrogens with one attached hydrogen (secondary N) is 1. The number of hydrogen-bond donors (Lipinski definition) is 1. The van der Waals surface area contributed by atoms with Gasteiger partial charge in [0.2, 0.25) is 0 Å². The van der Waals surface area contributed by atoms with E-state index in [1.165, 1.54) is 37.4 Å². The quantitative estimate of drug-likeness (QED) is 0.834. The molecule has 0 aliphatic rings. The topological polar surface area (TPSA) is 12.0 Å². The van der Waals surface area contributed by atoms with Crippen molar-refractivity contribution in [2.75, 3.05) is 7.05 Å². The Labute approximate surface area is 118 Å². The van der Waals surface area contributed by atoms with E-state index in [-0.39, 0.29) is 11.1 Å². The summed E-state index contributed by atoms with van der Waals surface area (Å²) in [6.45, 7) is 0. The molecule has 0 bridgehead atoms. The van der Waals surface area contributed by atoms with Gasteiger partial charge in [0.25, 0.3) is 0 Å². The van der Waals surface area contributed by atoms with Crippen molar-refractivity contribution in [1.29, 1.82) is 0 Å². The van der Waals surface area contributed by atoms with Crippen molar-refractivity contribution in [3.8, 4) is 0 Å². The maximum atomic E-state index is 13.9. The number of benzene rings is 2. The van der Waals surface area contributed by atoms with Gasteiger partial charge in [0, 0.05) is 5.56 Å². The molecule has 0 saturated heterocycles. The second-order valence-electron chi connectivity index (χ2n) is 4.45. The highest BCUT2D eigenvalue weighted by Gasteiger charge is 2.35. The molecule has 6 heteroatoms. The minimum Gasteiger partial charge on any atom is -0.309 e. The van der Waals surface area contributed by atoms with Crippen LogP contribution in [0.3, 0.4) is 0 Å². The van der Waals surface area contributed by atoms with Gasteiger partial charge < -0.3 is 5.32 Å². The lowest BCUT2D eigenvalue weighted by Gasteiger charge is -2.22. The van der Waals surface area contributed by atoms with E-state index in [9.17, 15) is 22.0 Å². The van der Waals surface area contributed by atoms with Gasteiger partial charge in [-0.3, -0.25) is 0 Å². The van der Waals surface area contributed by atoms with E-state index in [4.69, 9.17) is 0 Å². The minimum atomic E-state index is -4.57. The summed E-state index contributed by atoms with van der Waals surface area (Å²) in [5.41, 5.74) is -1.21. The fourth-order valence-electron chi connectivity index (χ4n) is 2.23. The van der Waals surface area contributed by atoms with Crippen molar-refractivity contribution >= 4 is 0 Å². The fourth-order valence-corrected chi connectivity index (χ4v) is 2.23. The largest absolute Gasteiger partial charge is 0.416 e. The summed E-state index contributed by atoms with van der Waals surface area (Å²) in [7, 11) is 1.39. The zero-order valence-corrected chi connectivity index (χ0v) is 11.0. The predicted molar refractivity (Wildman–Crippen MR) is 68.7 cm³/mol. The van der Waals surface area contributed by atoms with Gasteiger partial charge in [-0.1, -0.05) is 30.3 Å². The number of hydrogen-bond acceptors (Lipinski definition) is 1. The van der Waals surface area contributed by atoms with Gasteiger partial charge in [0.05, 0.1) is 11.6 Å². The van der Waals surface area contributed by atoms with Gasteiger partial charge in [-0.25, -0.2) is 8.78 Å². The Morgan fingerprint density at radius 3 is 2.14 bits per heavy atom. The summed E-state index contributed by atoms with van der Waals surface area (Å²) in [5.74, 6) is -2.26. The Kier molecular flexibility index (Phi) is 4.27. The summed E-state index contributed by atoms with van der Waals surface area (Å²) in [4.78, 5) is 0. The lowest BCUT2D eigenvalue weighted by molar-refractivity contribution is -0.138. The number of alkyl halides is 3. The molecule has 0 saturated carbocycles. The predicted octanol–water partition coefficient (Wildman–Crippen LogP) is 4.29. The van der Waals surface area contributed by atoms with Crippen LogP contribution in [-0.4, -0.2) is 7.05 Å². The van der Waals surface area contributed by atoms with E-state index in [0.717, 1.165) is 12.1 Å². The highest BCUT2D eigenvalue weighted by molar-refractivity contribution is 5.39. The molecule has 21 heavy (non-hydrogen) atoms. The van der Waals surface area contributed by atoms with Crippen LogP contribution in [0.15, 0.2) is 42.5 Å². The third-order valence-corrected chi connectivity index (χ3v) is 3.16. The van der Waals surface area contributed by atoms with Crippen molar-refractivity contribution < 1.29 is 22.0 Å². The third-order valence-electron chi connectivity index (χ3n) is 3.16. The van der Waals surface area contributed by atoms with Crippen LogP contribution in [0.1, 0.15) is 22.7 Å². The molecule has 1 N–H and O–H groups in total. The normalized spacial score (nSPS) is 13.2. The van der Waals surface area contributed by atoms with Crippen molar-refractivity contribution in [2.24, 2.45) is 0 Å². The van der Waals surface area contributed by atoms with E-state index >= 15 is 0 Å². The lowest BCUT2D eigenvalue weighted by Crippen LogP contribution is -2.23. The number of halogens is 5. The van der Waals surface area contributed by atoms with Crippen LogP contribution in [0.25, 0.3) is 0 Å². The van der Waals surface area contributed by atoms with Crippen molar-refractivity contribution in [3.63, 3.8) is 0 Å².